The summed E-state index contributed by atoms with van der Waals surface area (Å²) < 4.78 is 27.3. The number of thioether (sulfide) groups is 1. The first kappa shape index (κ1) is 12.7. The van der Waals surface area contributed by atoms with Crippen molar-refractivity contribution in [3.05, 3.63) is 64.7 Å². The first-order valence-corrected chi connectivity index (χ1v) is 6.92. The number of hydrogen-bond acceptors (Lipinski definition) is 2. The van der Waals surface area contributed by atoms with Gasteiger partial charge in [-0.25, -0.2) is 8.78 Å². The average molecular weight is 276 g/mol. The van der Waals surface area contributed by atoms with Crippen molar-refractivity contribution >= 4 is 19.6 Å². The van der Waals surface area contributed by atoms with Gasteiger partial charge in [-0.1, -0.05) is 24.3 Å². The van der Waals surface area contributed by atoms with Gasteiger partial charge in [-0.05, 0) is 23.3 Å². The van der Waals surface area contributed by atoms with Gasteiger partial charge in [0, 0.05) is 16.2 Å². The highest BCUT2D eigenvalue weighted by atomic mass is 32.2. The largest absolute Gasteiger partial charge is 0.390 e. The summed E-state index contributed by atoms with van der Waals surface area (Å²) in [6.45, 7) is 0. The lowest BCUT2D eigenvalue weighted by Crippen LogP contribution is -2.29. The van der Waals surface area contributed by atoms with Crippen LogP contribution in [0.4, 0.5) is 8.78 Å². The second kappa shape index (κ2) is 4.35. The fraction of sp³-hybridized carbons (Fsp3) is 0.143. The first-order valence-electron chi connectivity index (χ1n) is 5.94. The van der Waals surface area contributed by atoms with E-state index in [1.807, 2.05) is 24.3 Å². The van der Waals surface area contributed by atoms with Gasteiger partial charge in [0.1, 0.15) is 0 Å². The van der Waals surface area contributed by atoms with Crippen molar-refractivity contribution < 1.29 is 13.9 Å². The summed E-state index contributed by atoms with van der Waals surface area (Å²) >= 11 is 1.41. The van der Waals surface area contributed by atoms with E-state index < -0.39 is 17.1 Å². The van der Waals surface area contributed by atoms with E-state index in [4.69, 9.17) is 0 Å². The van der Waals surface area contributed by atoms with Crippen LogP contribution in [0.5, 0.6) is 0 Å². The third kappa shape index (κ3) is 1.88. The topological polar surface area (TPSA) is 20.2 Å². The third-order valence-corrected chi connectivity index (χ3v) is 4.60. The molecule has 1 aliphatic rings. The number of rotatable bonds is 0. The van der Waals surface area contributed by atoms with E-state index >= 15 is 0 Å². The average Bonchev–Trinajstić information content (AvgIpc) is 2.50. The van der Waals surface area contributed by atoms with E-state index in [2.05, 4.69) is 0 Å². The highest BCUT2D eigenvalue weighted by Gasteiger charge is 2.34. The Morgan fingerprint density at radius 1 is 1.11 bits per heavy atom. The minimum absolute atomic E-state index is 0.242. The molecule has 1 heterocycles. The lowest BCUT2D eigenvalue weighted by Gasteiger charge is -2.26. The van der Waals surface area contributed by atoms with Crippen LogP contribution in [0.3, 0.4) is 0 Å². The van der Waals surface area contributed by atoms with Crippen LogP contribution in [-0.2, 0) is 11.3 Å². The molecule has 3 rings (SSSR count). The second-order valence-corrected chi connectivity index (χ2v) is 5.76. The normalized spacial score (nSPS) is 21.4. The minimum atomic E-state index is -1.32. The molecule has 0 fully saturated rings. The zero-order valence-corrected chi connectivity index (χ0v) is 11.1. The van der Waals surface area contributed by atoms with Crippen molar-refractivity contribution in [2.75, 3.05) is 0 Å². The summed E-state index contributed by atoms with van der Waals surface area (Å²) in [6, 6.07) is 9.94. The minimum Gasteiger partial charge on any atom is -0.390 e. The molecule has 2 aromatic rings. The van der Waals surface area contributed by atoms with Gasteiger partial charge >= 0.3 is 0 Å². The number of fused-ring (bicyclic) bond motifs is 2. The van der Waals surface area contributed by atoms with Gasteiger partial charge in [0.05, 0.1) is 5.50 Å². The molecular formula is C14H11BF2OS. The number of hydrogen-bond donors (Lipinski definition) is 1. The summed E-state index contributed by atoms with van der Waals surface area (Å²) in [6.07, 6.45) is 0. The third-order valence-electron chi connectivity index (χ3n) is 3.50. The van der Waals surface area contributed by atoms with Crippen LogP contribution in [0, 0.1) is 11.6 Å². The van der Waals surface area contributed by atoms with Gasteiger partial charge in [-0.2, -0.15) is 0 Å². The van der Waals surface area contributed by atoms with Gasteiger partial charge < -0.3 is 5.11 Å². The van der Waals surface area contributed by atoms with Crippen LogP contribution in [0.1, 0.15) is 16.7 Å². The summed E-state index contributed by atoms with van der Waals surface area (Å²) in [7, 11) is 1.62. The Labute approximate surface area is 115 Å². The molecule has 0 aliphatic carbocycles. The molecular weight excluding hydrogens is 265 g/mol. The summed E-state index contributed by atoms with van der Waals surface area (Å²) in [5, 5.41) is 10.8. The molecule has 19 heavy (non-hydrogen) atoms. The molecule has 1 N–H and O–H groups in total. The van der Waals surface area contributed by atoms with E-state index in [1.165, 1.54) is 17.8 Å². The van der Waals surface area contributed by atoms with Crippen molar-refractivity contribution in [1.29, 1.82) is 0 Å². The number of benzene rings is 2. The molecule has 1 aliphatic heterocycles. The van der Waals surface area contributed by atoms with E-state index in [-0.39, 0.29) is 5.56 Å². The fourth-order valence-electron chi connectivity index (χ4n) is 2.48. The highest BCUT2D eigenvalue weighted by molar-refractivity contribution is 7.98. The molecule has 0 spiro atoms. The molecule has 2 aromatic carbocycles. The van der Waals surface area contributed by atoms with Gasteiger partial charge in [0.2, 0.25) is 0 Å². The molecule has 1 nitrogen and oxygen atoms in total. The maximum Gasteiger partial charge on any atom is 0.163 e. The Balaban J connectivity index is 2.29. The predicted molar refractivity (Wildman–Crippen MR) is 73.9 cm³/mol. The summed E-state index contributed by atoms with van der Waals surface area (Å²) in [4.78, 5) is 0.892. The van der Waals surface area contributed by atoms with E-state index in [0.29, 0.717) is 11.3 Å². The van der Waals surface area contributed by atoms with E-state index in [9.17, 15) is 13.9 Å². The molecule has 0 bridgehead atoms. The molecule has 1 unspecified atom stereocenters. The fourth-order valence-corrected chi connectivity index (χ4v) is 3.66. The molecule has 0 saturated carbocycles. The van der Waals surface area contributed by atoms with Crippen LogP contribution in [-0.4, -0.2) is 13.0 Å². The number of halogens is 2. The van der Waals surface area contributed by atoms with Crippen molar-refractivity contribution in [3.8, 4) is 0 Å². The van der Waals surface area contributed by atoms with Gasteiger partial charge in [-0.3, -0.25) is 0 Å². The first-order chi connectivity index (χ1) is 9.01. The second-order valence-electron chi connectivity index (χ2n) is 4.74. The Bertz CT molecular complexity index is 658. The standard InChI is InChI=1S/C14H11BF2OS/c15-14(18)9-5-6-11(16)13(17)8(9)7-19-12-4-2-1-3-10(12)14/h1-6,18H,7,15H2. The summed E-state index contributed by atoms with van der Waals surface area (Å²) in [5.74, 6) is -1.43. The monoisotopic (exact) mass is 276 g/mol. The predicted octanol–water partition coefficient (Wildman–Crippen LogP) is 2.40. The highest BCUT2D eigenvalue weighted by Crippen LogP contribution is 2.42. The molecule has 96 valence electrons. The molecule has 0 aromatic heterocycles. The maximum atomic E-state index is 13.9. The molecule has 1 atom stereocenters. The summed E-state index contributed by atoms with van der Waals surface area (Å²) in [5.41, 5.74) is 0.0871. The Morgan fingerprint density at radius 3 is 2.63 bits per heavy atom. The van der Waals surface area contributed by atoms with Crippen LogP contribution in [0.15, 0.2) is 41.3 Å². The van der Waals surface area contributed by atoms with E-state index in [0.717, 1.165) is 16.5 Å². The molecule has 5 heteroatoms. The van der Waals surface area contributed by atoms with Crippen LogP contribution < -0.4 is 0 Å². The molecule has 0 saturated heterocycles. The van der Waals surface area contributed by atoms with Crippen LogP contribution in [0.25, 0.3) is 0 Å². The van der Waals surface area contributed by atoms with E-state index in [1.54, 1.807) is 7.85 Å². The lowest BCUT2D eigenvalue weighted by molar-refractivity contribution is 0.168. The molecule has 0 amide bonds. The lowest BCUT2D eigenvalue weighted by atomic mass is 9.69. The Morgan fingerprint density at radius 2 is 1.84 bits per heavy atom. The number of aliphatic hydroxyl groups is 1. The zero-order valence-electron chi connectivity index (χ0n) is 10.3. The van der Waals surface area contributed by atoms with Crippen molar-refractivity contribution in [3.63, 3.8) is 0 Å². The Hall–Kier alpha value is -1.33. The van der Waals surface area contributed by atoms with Crippen molar-refractivity contribution in [1.82, 2.24) is 0 Å². The van der Waals surface area contributed by atoms with Crippen molar-refractivity contribution in [2.24, 2.45) is 0 Å². The van der Waals surface area contributed by atoms with Gasteiger partial charge in [0.15, 0.2) is 19.5 Å². The molecule has 0 radical (unpaired) electrons. The zero-order chi connectivity index (χ0) is 13.6. The van der Waals surface area contributed by atoms with Gasteiger partial charge in [0.25, 0.3) is 0 Å². The quantitative estimate of drug-likeness (QED) is 0.746. The maximum absolute atomic E-state index is 13.9. The SMILES string of the molecule is BC1(O)c2ccccc2SCc2c1ccc(F)c2F. The van der Waals surface area contributed by atoms with Crippen LogP contribution in [0.2, 0.25) is 0 Å². The van der Waals surface area contributed by atoms with Crippen LogP contribution >= 0.6 is 11.8 Å². The van der Waals surface area contributed by atoms with Crippen molar-refractivity contribution in [2.45, 2.75) is 16.1 Å². The van der Waals surface area contributed by atoms with Gasteiger partial charge in [-0.15, -0.1) is 11.8 Å². The Kier molecular flexibility index (Phi) is 2.91. The smallest absolute Gasteiger partial charge is 0.163 e.